The van der Waals surface area contributed by atoms with Crippen LogP contribution in [0.4, 0.5) is 17.2 Å². The molecule has 7 aromatic rings. The molecular weight excluding hydrogens is 604 g/mol. The van der Waals surface area contributed by atoms with E-state index in [4.69, 9.17) is 15.0 Å². The maximum Gasteiger partial charge on any atom is 0.141 e. The van der Waals surface area contributed by atoms with Crippen molar-refractivity contribution in [3.05, 3.63) is 144 Å². The van der Waals surface area contributed by atoms with Gasteiger partial charge in [-0.25, -0.2) is 4.98 Å². The van der Waals surface area contributed by atoms with Crippen molar-refractivity contribution in [3.63, 3.8) is 0 Å². The zero-order chi connectivity index (χ0) is 34.3. The Kier molecular flexibility index (Phi) is 6.83. The third-order valence-corrected chi connectivity index (χ3v) is 11.2. The van der Waals surface area contributed by atoms with E-state index in [1.807, 2.05) is 12.3 Å². The number of anilines is 3. The van der Waals surface area contributed by atoms with E-state index in [0.717, 1.165) is 44.9 Å². The van der Waals surface area contributed by atoms with Gasteiger partial charge < -0.3 is 0 Å². The number of aromatic nitrogens is 3. The zero-order valence-corrected chi connectivity index (χ0v) is 29.3. The van der Waals surface area contributed by atoms with Crippen LogP contribution in [0.3, 0.4) is 0 Å². The first kappa shape index (κ1) is 30.4. The molecule has 3 aromatic heterocycles. The summed E-state index contributed by atoms with van der Waals surface area (Å²) < 4.78 is 0. The van der Waals surface area contributed by atoms with Crippen molar-refractivity contribution in [2.24, 2.45) is 0 Å². The van der Waals surface area contributed by atoms with Gasteiger partial charge in [-0.05, 0) is 63.7 Å². The van der Waals surface area contributed by atoms with E-state index >= 15 is 0 Å². The Morgan fingerprint density at radius 1 is 0.580 bits per heavy atom. The Morgan fingerprint density at radius 3 is 2.02 bits per heavy atom. The van der Waals surface area contributed by atoms with Crippen LogP contribution in [0.2, 0.25) is 0 Å². The molecule has 0 atom stereocenters. The molecule has 0 spiro atoms. The van der Waals surface area contributed by atoms with Gasteiger partial charge in [0.15, 0.2) is 0 Å². The van der Waals surface area contributed by atoms with Crippen LogP contribution in [0.1, 0.15) is 36.1 Å². The lowest BCUT2D eigenvalue weighted by Crippen LogP contribution is -2.51. The Morgan fingerprint density at radius 2 is 1.26 bits per heavy atom. The molecule has 9 rings (SSSR count). The third-order valence-electron chi connectivity index (χ3n) is 11.2. The fraction of sp³-hybridized carbons (Fsp3) is 0.0714. The molecule has 0 amide bonds. The van der Waals surface area contributed by atoms with Crippen LogP contribution in [0.25, 0.3) is 44.6 Å². The summed E-state index contributed by atoms with van der Waals surface area (Å²) in [6.45, 7) is 4.74. The second-order valence-corrected chi connectivity index (χ2v) is 14.2. The average molecular weight is 638 g/mol. The van der Waals surface area contributed by atoms with Crippen LogP contribution in [0.15, 0.2) is 122 Å². The van der Waals surface area contributed by atoms with Gasteiger partial charge in [0.05, 0.1) is 22.4 Å². The van der Waals surface area contributed by atoms with E-state index in [1.54, 1.807) is 0 Å². The Labute approximate surface area is 297 Å². The van der Waals surface area contributed by atoms with Gasteiger partial charge in [0.1, 0.15) is 37.2 Å². The molecule has 1 aliphatic heterocycles. The number of pyridine rings is 3. The van der Waals surface area contributed by atoms with Crippen molar-refractivity contribution in [2.45, 2.75) is 19.3 Å². The van der Waals surface area contributed by atoms with Crippen LogP contribution in [-0.2, 0) is 5.41 Å². The van der Waals surface area contributed by atoms with E-state index in [-0.39, 0.29) is 5.41 Å². The second kappa shape index (κ2) is 11.2. The van der Waals surface area contributed by atoms with E-state index in [9.17, 15) is 0 Å². The van der Waals surface area contributed by atoms with Crippen molar-refractivity contribution in [3.8, 4) is 22.4 Å². The lowest BCUT2D eigenvalue weighted by atomic mass is 9.62. The number of allylic oxidation sites excluding steroid dienone is 1. The summed E-state index contributed by atoms with van der Waals surface area (Å²) in [5, 5.41) is 0. The van der Waals surface area contributed by atoms with Gasteiger partial charge in [-0.3, -0.25) is 14.9 Å². The summed E-state index contributed by atoms with van der Waals surface area (Å²) in [5.74, 6) is 0.878. The highest BCUT2D eigenvalue weighted by atomic mass is 15.2. The highest BCUT2D eigenvalue weighted by Crippen LogP contribution is 2.58. The summed E-state index contributed by atoms with van der Waals surface area (Å²) in [7, 11) is 9.12. The topological polar surface area (TPSA) is 41.9 Å². The fourth-order valence-electron chi connectivity index (χ4n) is 8.25. The standard InChI is InChI=1S/C42H34B4N4/c1-42(2)28-22-48-30(24-13-7-4-8-14-24)20-27(28)34-26-15-9-10-16-32(26)50(41-35(36(34)42)37(43)38(44)39(45)40(41)46)33-18-17-29-31(49-33)19-25(21-47-29)23-11-5-3-6-12-23/h3-22H,43-46H2,1-2H3. The smallest absolute Gasteiger partial charge is 0.141 e. The number of benzene rings is 4. The van der Waals surface area contributed by atoms with Crippen molar-refractivity contribution in [2.75, 3.05) is 4.90 Å². The minimum Gasteiger partial charge on any atom is -0.294 e. The summed E-state index contributed by atoms with van der Waals surface area (Å²) in [6.07, 6.45) is 4.07. The number of hydrogen-bond donors (Lipinski definition) is 0. The van der Waals surface area contributed by atoms with Crippen molar-refractivity contribution in [1.29, 1.82) is 0 Å². The van der Waals surface area contributed by atoms with Gasteiger partial charge in [0.25, 0.3) is 0 Å². The van der Waals surface area contributed by atoms with Crippen LogP contribution in [-0.4, -0.2) is 46.3 Å². The summed E-state index contributed by atoms with van der Waals surface area (Å²) >= 11 is 0. The summed E-state index contributed by atoms with van der Waals surface area (Å²) in [4.78, 5) is 17.7. The molecule has 0 bridgehead atoms. The van der Waals surface area contributed by atoms with Gasteiger partial charge in [-0.2, -0.15) is 0 Å². The normalized spacial score (nSPS) is 14.2. The molecule has 1 aliphatic carbocycles. The molecule has 0 N–H and O–H groups in total. The number of para-hydroxylation sites is 1. The predicted octanol–water partition coefficient (Wildman–Crippen LogP) is 3.43. The van der Waals surface area contributed by atoms with Gasteiger partial charge in [-0.1, -0.05) is 109 Å². The van der Waals surface area contributed by atoms with E-state index in [1.165, 1.54) is 60.9 Å². The van der Waals surface area contributed by atoms with Gasteiger partial charge >= 0.3 is 0 Å². The Hall–Kier alpha value is -5.61. The molecule has 50 heavy (non-hydrogen) atoms. The number of fused-ring (bicyclic) bond motifs is 7. The molecule has 234 valence electrons. The summed E-state index contributed by atoms with van der Waals surface area (Å²) in [6, 6.07) is 38.5. The van der Waals surface area contributed by atoms with Crippen molar-refractivity contribution in [1.82, 2.24) is 15.0 Å². The zero-order valence-electron chi connectivity index (χ0n) is 29.3. The SMILES string of the molecule is Bc1c(B)c(B)c2c(c1B)C1=C(c3ccccc3N2c2ccc3ncc(-c4ccccc4)cc3n2)c2cc(-c3ccccc3)ncc2C1(C)C. The largest absolute Gasteiger partial charge is 0.294 e. The number of hydrogen-bond acceptors (Lipinski definition) is 4. The third kappa shape index (κ3) is 4.41. The first-order chi connectivity index (χ1) is 24.2. The Balaban J connectivity index is 1.36. The molecular formula is C42H34B4N4. The lowest BCUT2D eigenvalue weighted by Gasteiger charge is -2.34. The maximum absolute atomic E-state index is 5.41. The highest BCUT2D eigenvalue weighted by Gasteiger charge is 2.44. The molecule has 2 aliphatic rings. The monoisotopic (exact) mass is 638 g/mol. The number of nitrogens with zero attached hydrogens (tertiary/aromatic N) is 4. The molecule has 4 heterocycles. The molecule has 0 fully saturated rings. The van der Waals surface area contributed by atoms with Gasteiger partial charge in [0, 0.05) is 40.2 Å². The van der Waals surface area contributed by atoms with Crippen molar-refractivity contribution < 1.29 is 0 Å². The highest BCUT2D eigenvalue weighted by molar-refractivity contribution is 6.65. The average Bonchev–Trinajstić information content (AvgIpc) is 3.28. The quantitative estimate of drug-likeness (QED) is 0.279. The van der Waals surface area contributed by atoms with Crippen LogP contribution in [0.5, 0.6) is 0 Å². The Bertz CT molecular complexity index is 2560. The van der Waals surface area contributed by atoms with E-state index in [2.05, 4.69) is 159 Å². The molecule has 0 radical (unpaired) electrons. The molecule has 4 aromatic carbocycles. The van der Waals surface area contributed by atoms with Crippen molar-refractivity contribution >= 4 is 92.6 Å². The fourth-order valence-corrected chi connectivity index (χ4v) is 8.25. The second-order valence-electron chi connectivity index (χ2n) is 14.2. The predicted molar refractivity (Wildman–Crippen MR) is 221 cm³/mol. The molecule has 0 saturated heterocycles. The van der Waals surface area contributed by atoms with Crippen LogP contribution in [0, 0.1) is 0 Å². The van der Waals surface area contributed by atoms with E-state index in [0.29, 0.717) is 0 Å². The minimum absolute atomic E-state index is 0.297. The van der Waals surface area contributed by atoms with E-state index < -0.39 is 0 Å². The van der Waals surface area contributed by atoms with Gasteiger partial charge in [-0.15, -0.1) is 5.46 Å². The minimum atomic E-state index is -0.297. The first-order valence-electron chi connectivity index (χ1n) is 17.4. The molecule has 0 saturated carbocycles. The molecule has 8 heteroatoms. The molecule has 0 unspecified atom stereocenters. The lowest BCUT2D eigenvalue weighted by molar-refractivity contribution is 0.700. The number of rotatable bonds is 3. The van der Waals surface area contributed by atoms with Crippen LogP contribution < -0.4 is 26.8 Å². The summed E-state index contributed by atoms with van der Waals surface area (Å²) in [5.41, 5.74) is 20.9. The molecule has 4 nitrogen and oxygen atoms in total. The first-order valence-corrected chi connectivity index (χ1v) is 17.4. The van der Waals surface area contributed by atoms with Gasteiger partial charge in [0.2, 0.25) is 0 Å². The maximum atomic E-state index is 5.41. The van der Waals surface area contributed by atoms with Crippen LogP contribution >= 0.6 is 0 Å².